The van der Waals surface area contributed by atoms with Crippen molar-refractivity contribution in [2.45, 2.75) is 6.17 Å². The van der Waals surface area contributed by atoms with Crippen molar-refractivity contribution in [3.05, 3.63) is 235 Å². The summed E-state index contributed by atoms with van der Waals surface area (Å²) in [4.78, 5) is 25.7. The van der Waals surface area contributed by atoms with Crippen LogP contribution < -0.4 is 5.32 Å². The Kier molecular flexibility index (Phi) is 9.48. The monoisotopic (exact) mass is 794 g/mol. The first kappa shape index (κ1) is 36.7. The van der Waals surface area contributed by atoms with Gasteiger partial charge in [-0.2, -0.15) is 0 Å². The third-order valence-electron chi connectivity index (χ3n) is 11.4. The number of aromatic nitrogens is 3. The molecule has 2 heterocycles. The molecule has 6 heteroatoms. The first-order chi connectivity index (χ1) is 30.7. The Bertz CT molecular complexity index is 3230. The van der Waals surface area contributed by atoms with Gasteiger partial charge in [0, 0.05) is 38.9 Å². The minimum absolute atomic E-state index is 0.422. The third kappa shape index (κ3) is 6.99. The van der Waals surface area contributed by atoms with Crippen molar-refractivity contribution in [3.8, 4) is 56.4 Å². The van der Waals surface area contributed by atoms with E-state index >= 15 is 0 Å². The number of nitrogens with one attached hydrogen (secondary N) is 1. The molecular formula is C56H38N6. The highest BCUT2D eigenvalue weighted by Gasteiger charge is 2.26. The zero-order valence-electron chi connectivity index (χ0n) is 33.6. The van der Waals surface area contributed by atoms with Gasteiger partial charge < -0.3 is 5.32 Å². The molecule has 1 aliphatic rings. The van der Waals surface area contributed by atoms with Crippen molar-refractivity contribution in [1.29, 1.82) is 0 Å². The quantitative estimate of drug-likeness (QED) is 0.166. The average Bonchev–Trinajstić information content (AvgIpc) is 3.36. The van der Waals surface area contributed by atoms with Gasteiger partial charge in [-0.05, 0) is 44.3 Å². The first-order valence-corrected chi connectivity index (χ1v) is 20.8. The van der Waals surface area contributed by atoms with Crippen LogP contribution in [0.15, 0.2) is 228 Å². The number of hydrogen-bond acceptors (Lipinski definition) is 6. The van der Waals surface area contributed by atoms with Crippen LogP contribution in [0.5, 0.6) is 0 Å². The molecule has 0 amide bonds. The van der Waals surface area contributed by atoms with Crippen molar-refractivity contribution in [3.63, 3.8) is 0 Å². The van der Waals surface area contributed by atoms with E-state index in [1.165, 1.54) is 0 Å². The molecule has 0 spiro atoms. The van der Waals surface area contributed by atoms with E-state index in [9.17, 15) is 0 Å². The minimum atomic E-state index is -0.422. The Hall–Kier alpha value is -8.35. The van der Waals surface area contributed by atoms with Gasteiger partial charge in [0.05, 0.1) is 0 Å². The maximum Gasteiger partial charge on any atom is 0.164 e. The fraction of sp³-hybridized carbons (Fsp3) is 0.0179. The van der Waals surface area contributed by atoms with Crippen LogP contribution in [0.4, 0.5) is 0 Å². The predicted octanol–water partition coefficient (Wildman–Crippen LogP) is 13.0. The Labute approximate surface area is 359 Å². The van der Waals surface area contributed by atoms with Gasteiger partial charge in [-0.3, -0.25) is 0 Å². The van der Waals surface area contributed by atoms with Crippen LogP contribution in [-0.2, 0) is 0 Å². The number of nitrogens with zero attached hydrogens (tertiary/aromatic N) is 5. The van der Waals surface area contributed by atoms with Gasteiger partial charge >= 0.3 is 0 Å². The lowest BCUT2D eigenvalue weighted by Gasteiger charge is -2.26. The molecule has 1 N–H and O–H groups in total. The molecule has 0 aliphatic carbocycles. The Balaban J connectivity index is 1.07. The molecule has 0 radical (unpaired) electrons. The van der Waals surface area contributed by atoms with E-state index in [-0.39, 0.29) is 0 Å². The zero-order chi connectivity index (χ0) is 41.2. The predicted molar refractivity (Wildman–Crippen MR) is 254 cm³/mol. The number of fused-ring (bicyclic) bond motifs is 2. The number of amidine groups is 2. The molecule has 1 aliphatic heterocycles. The van der Waals surface area contributed by atoms with Crippen LogP contribution in [0.25, 0.3) is 78.0 Å². The summed E-state index contributed by atoms with van der Waals surface area (Å²) < 4.78 is 0. The van der Waals surface area contributed by atoms with Crippen molar-refractivity contribution in [1.82, 2.24) is 20.3 Å². The molecule has 1 atom stereocenters. The van der Waals surface area contributed by atoms with Crippen LogP contribution in [-0.4, -0.2) is 26.6 Å². The zero-order valence-corrected chi connectivity index (χ0v) is 33.6. The fourth-order valence-corrected chi connectivity index (χ4v) is 8.42. The number of hydrogen-bond donors (Lipinski definition) is 1. The van der Waals surface area contributed by atoms with Crippen molar-refractivity contribution in [2.24, 2.45) is 9.98 Å². The summed E-state index contributed by atoms with van der Waals surface area (Å²) in [7, 11) is 0. The molecule has 1 unspecified atom stereocenters. The van der Waals surface area contributed by atoms with E-state index in [0.717, 1.165) is 83.0 Å². The molecule has 0 bridgehead atoms. The van der Waals surface area contributed by atoms with Gasteiger partial charge in [0.2, 0.25) is 0 Å². The number of benzene rings is 9. The van der Waals surface area contributed by atoms with Crippen LogP contribution in [0.1, 0.15) is 22.9 Å². The smallest absolute Gasteiger partial charge is 0.164 e. The summed E-state index contributed by atoms with van der Waals surface area (Å²) in [6.45, 7) is 0. The fourth-order valence-electron chi connectivity index (χ4n) is 8.42. The molecule has 0 saturated carbocycles. The van der Waals surface area contributed by atoms with Gasteiger partial charge in [0.15, 0.2) is 23.3 Å². The molecule has 292 valence electrons. The van der Waals surface area contributed by atoms with Crippen molar-refractivity contribution in [2.75, 3.05) is 0 Å². The summed E-state index contributed by atoms with van der Waals surface area (Å²) in [6, 6.07) is 75.4. The van der Waals surface area contributed by atoms with Gasteiger partial charge in [-0.15, -0.1) is 0 Å². The Morgan fingerprint density at radius 1 is 0.355 bits per heavy atom. The molecule has 1 aromatic heterocycles. The molecule has 6 nitrogen and oxygen atoms in total. The molecule has 11 rings (SSSR count). The molecule has 9 aromatic carbocycles. The summed E-state index contributed by atoms with van der Waals surface area (Å²) in [6.07, 6.45) is -0.422. The highest BCUT2D eigenvalue weighted by Crippen LogP contribution is 2.39. The highest BCUT2D eigenvalue weighted by molar-refractivity contribution is 6.18. The molecule has 62 heavy (non-hydrogen) atoms. The summed E-state index contributed by atoms with van der Waals surface area (Å²) in [5, 5.41) is 8.32. The van der Waals surface area contributed by atoms with E-state index in [2.05, 4.69) is 145 Å². The van der Waals surface area contributed by atoms with E-state index in [4.69, 9.17) is 24.9 Å². The largest absolute Gasteiger partial charge is 0.344 e. The van der Waals surface area contributed by atoms with E-state index in [1.54, 1.807) is 0 Å². The topological polar surface area (TPSA) is 75.4 Å². The number of rotatable bonds is 8. The second kappa shape index (κ2) is 16.0. The lowest BCUT2D eigenvalue weighted by Crippen LogP contribution is -2.33. The lowest BCUT2D eigenvalue weighted by molar-refractivity contribution is 0.680. The molecule has 0 fully saturated rings. The third-order valence-corrected chi connectivity index (χ3v) is 11.4. The van der Waals surface area contributed by atoms with Crippen LogP contribution in [0.2, 0.25) is 0 Å². The van der Waals surface area contributed by atoms with Gasteiger partial charge in [-0.25, -0.2) is 24.9 Å². The Morgan fingerprint density at radius 3 is 1.48 bits per heavy atom. The van der Waals surface area contributed by atoms with Crippen LogP contribution in [0, 0.1) is 0 Å². The summed E-state index contributed by atoms with van der Waals surface area (Å²) in [5.41, 5.74) is 10.2. The molecular weight excluding hydrogens is 757 g/mol. The first-order valence-electron chi connectivity index (χ1n) is 20.8. The normalized spacial score (nSPS) is 13.6. The minimum Gasteiger partial charge on any atom is -0.344 e. The summed E-state index contributed by atoms with van der Waals surface area (Å²) in [5.74, 6) is 3.28. The van der Waals surface area contributed by atoms with E-state index in [1.807, 2.05) is 78.9 Å². The van der Waals surface area contributed by atoms with Gasteiger partial charge in [0.25, 0.3) is 0 Å². The molecule has 0 saturated heterocycles. The maximum absolute atomic E-state index is 5.51. The number of aliphatic imine (C=N–C) groups is 2. The molecule has 10 aromatic rings. The van der Waals surface area contributed by atoms with E-state index in [0.29, 0.717) is 23.3 Å². The Morgan fingerprint density at radius 2 is 0.855 bits per heavy atom. The van der Waals surface area contributed by atoms with Crippen molar-refractivity contribution >= 4 is 33.2 Å². The second-order valence-electron chi connectivity index (χ2n) is 15.3. The maximum atomic E-state index is 5.51. The van der Waals surface area contributed by atoms with Crippen LogP contribution in [0.3, 0.4) is 0 Å². The second-order valence-corrected chi connectivity index (χ2v) is 15.3. The average molecular weight is 795 g/mol. The van der Waals surface area contributed by atoms with Gasteiger partial charge in [-0.1, -0.05) is 212 Å². The van der Waals surface area contributed by atoms with Gasteiger partial charge in [0.1, 0.15) is 12.0 Å². The highest BCUT2D eigenvalue weighted by atomic mass is 15.2. The van der Waals surface area contributed by atoms with Crippen molar-refractivity contribution < 1.29 is 0 Å². The van der Waals surface area contributed by atoms with Crippen LogP contribution >= 0.6 is 0 Å². The lowest BCUT2D eigenvalue weighted by atomic mass is 9.91. The van der Waals surface area contributed by atoms with E-state index < -0.39 is 6.17 Å². The SMILES string of the molecule is c1ccc(C2=NC(c3ccc4ccccc4c3-c3ccc(-c4nc(-c5ccccc5)nc(-c5ccccc5)n4)cc3)=NC(c3cccc4cccc(-c5ccccc5)c34)N2)cc1. The standard InChI is InChI=1S/C56H38N6/c1-5-17-37(18-6-1)46-29-15-26-39-27-16-30-47(49(39)46)55-60-53(43-24-11-4-12-25-43)61-56(62-55)48-36-35-38-19-13-14-28-45(38)50(48)40-31-33-44(34-32-40)54-58-51(41-20-7-2-8-21-41)57-52(59-54)42-22-9-3-10-23-42/h1-36,55H,(H,60,61,62). The summed E-state index contributed by atoms with van der Waals surface area (Å²) >= 11 is 0.